The Bertz CT molecular complexity index is 426. The third kappa shape index (κ3) is 2.41. The molecule has 1 aromatic rings. The summed E-state index contributed by atoms with van der Waals surface area (Å²) in [7, 11) is 0. The molecule has 0 spiro atoms. The van der Waals surface area contributed by atoms with Crippen LogP contribution in [0.5, 0.6) is 0 Å². The van der Waals surface area contributed by atoms with Gasteiger partial charge in [-0.25, -0.2) is 4.98 Å². The minimum atomic E-state index is 0.120. The Morgan fingerprint density at radius 3 is 2.41 bits per heavy atom. The van der Waals surface area contributed by atoms with E-state index < -0.39 is 0 Å². The second-order valence-corrected chi connectivity index (χ2v) is 4.14. The van der Waals surface area contributed by atoms with E-state index in [0.717, 1.165) is 32.0 Å². The molecule has 6 heteroatoms. The van der Waals surface area contributed by atoms with Crippen molar-refractivity contribution in [2.45, 2.75) is 6.92 Å². The molecule has 1 aliphatic heterocycles. The Hall–Kier alpha value is -1.98. The van der Waals surface area contributed by atoms with Crippen LogP contribution in [0, 0.1) is 0 Å². The van der Waals surface area contributed by atoms with Crippen LogP contribution in [0.1, 0.15) is 6.92 Å². The molecule has 1 aliphatic rings. The third-order valence-electron chi connectivity index (χ3n) is 2.99. The van der Waals surface area contributed by atoms with Gasteiger partial charge in [0.1, 0.15) is 11.6 Å². The van der Waals surface area contributed by atoms with Crippen LogP contribution in [-0.2, 0) is 4.79 Å². The van der Waals surface area contributed by atoms with Crippen LogP contribution < -0.4 is 16.4 Å². The van der Waals surface area contributed by atoms with Crippen molar-refractivity contribution in [3.8, 4) is 0 Å². The minimum Gasteiger partial charge on any atom is -0.396 e. The van der Waals surface area contributed by atoms with Gasteiger partial charge in [-0.3, -0.25) is 4.79 Å². The molecule has 0 saturated carbocycles. The molecular formula is C11H17N5O. The van der Waals surface area contributed by atoms with Crippen molar-refractivity contribution in [1.82, 2.24) is 9.88 Å². The normalized spacial score (nSPS) is 16.1. The minimum absolute atomic E-state index is 0.120. The molecule has 0 bridgehead atoms. The van der Waals surface area contributed by atoms with E-state index >= 15 is 0 Å². The smallest absolute Gasteiger partial charge is 0.219 e. The third-order valence-corrected chi connectivity index (χ3v) is 2.99. The lowest BCUT2D eigenvalue weighted by atomic mass is 10.3. The molecule has 2 rings (SSSR count). The summed E-state index contributed by atoms with van der Waals surface area (Å²) in [6.07, 6.45) is 0. The average Bonchev–Trinajstić information content (AvgIpc) is 2.33. The summed E-state index contributed by atoms with van der Waals surface area (Å²) in [5, 5.41) is 0. The zero-order valence-electron chi connectivity index (χ0n) is 9.89. The standard InChI is InChI=1S/C11H17N5O/c1-8(17)15-4-6-16(7-5-15)10-3-2-9(12)11(13)14-10/h2-3H,4-7,12H2,1H3,(H2,13,14). The van der Waals surface area contributed by atoms with E-state index in [1.54, 1.807) is 13.0 Å². The highest BCUT2D eigenvalue weighted by Crippen LogP contribution is 2.19. The Morgan fingerprint density at radius 1 is 1.24 bits per heavy atom. The molecule has 0 unspecified atom stereocenters. The molecule has 0 radical (unpaired) electrons. The number of anilines is 3. The van der Waals surface area contributed by atoms with Gasteiger partial charge >= 0.3 is 0 Å². The number of hydrogen-bond donors (Lipinski definition) is 2. The van der Waals surface area contributed by atoms with E-state index in [1.807, 2.05) is 11.0 Å². The molecule has 1 amide bonds. The molecule has 1 fully saturated rings. The van der Waals surface area contributed by atoms with Crippen LogP contribution in [0.2, 0.25) is 0 Å². The second-order valence-electron chi connectivity index (χ2n) is 4.14. The van der Waals surface area contributed by atoms with Crippen LogP contribution in [0.3, 0.4) is 0 Å². The Labute approximate surface area is 100 Å². The molecule has 92 valence electrons. The highest BCUT2D eigenvalue weighted by Gasteiger charge is 2.19. The Balaban J connectivity index is 2.05. The maximum Gasteiger partial charge on any atom is 0.219 e. The molecule has 17 heavy (non-hydrogen) atoms. The van der Waals surface area contributed by atoms with Crippen LogP contribution in [0.25, 0.3) is 0 Å². The number of carbonyl (C=O) groups excluding carboxylic acids is 1. The number of piperazine rings is 1. The maximum absolute atomic E-state index is 11.2. The SMILES string of the molecule is CC(=O)N1CCN(c2ccc(N)c(N)n2)CC1. The van der Waals surface area contributed by atoms with Crippen molar-refractivity contribution in [2.75, 3.05) is 42.5 Å². The molecule has 1 saturated heterocycles. The van der Waals surface area contributed by atoms with Gasteiger partial charge in [0.2, 0.25) is 5.91 Å². The van der Waals surface area contributed by atoms with Gasteiger partial charge in [0.15, 0.2) is 0 Å². The number of rotatable bonds is 1. The lowest BCUT2D eigenvalue weighted by molar-refractivity contribution is -0.129. The lowest BCUT2D eigenvalue weighted by Crippen LogP contribution is -2.48. The molecular weight excluding hydrogens is 218 g/mol. The summed E-state index contributed by atoms with van der Waals surface area (Å²) >= 11 is 0. The van der Waals surface area contributed by atoms with Crippen molar-refractivity contribution < 1.29 is 4.79 Å². The van der Waals surface area contributed by atoms with Gasteiger partial charge in [-0.05, 0) is 12.1 Å². The van der Waals surface area contributed by atoms with Crippen molar-refractivity contribution in [1.29, 1.82) is 0 Å². The van der Waals surface area contributed by atoms with E-state index in [0.29, 0.717) is 11.5 Å². The fraction of sp³-hybridized carbons (Fsp3) is 0.455. The number of nitrogens with two attached hydrogens (primary N) is 2. The first-order chi connectivity index (χ1) is 8.08. The number of amides is 1. The summed E-state index contributed by atoms with van der Waals surface area (Å²) in [6, 6.07) is 3.62. The zero-order chi connectivity index (χ0) is 12.4. The summed E-state index contributed by atoms with van der Waals surface area (Å²) in [4.78, 5) is 19.4. The van der Waals surface area contributed by atoms with Crippen molar-refractivity contribution in [3.05, 3.63) is 12.1 Å². The summed E-state index contributed by atoms with van der Waals surface area (Å²) < 4.78 is 0. The zero-order valence-corrected chi connectivity index (χ0v) is 9.89. The van der Waals surface area contributed by atoms with Crippen molar-refractivity contribution in [2.24, 2.45) is 0 Å². The van der Waals surface area contributed by atoms with Gasteiger partial charge in [0.25, 0.3) is 0 Å². The van der Waals surface area contributed by atoms with Gasteiger partial charge in [0, 0.05) is 33.1 Å². The lowest BCUT2D eigenvalue weighted by Gasteiger charge is -2.35. The Kier molecular flexibility index (Phi) is 3.03. The monoisotopic (exact) mass is 235 g/mol. The predicted molar refractivity (Wildman–Crippen MR) is 67.5 cm³/mol. The molecule has 2 heterocycles. The number of nitrogen functional groups attached to an aromatic ring is 2. The van der Waals surface area contributed by atoms with Gasteiger partial charge in [0.05, 0.1) is 5.69 Å². The van der Waals surface area contributed by atoms with Crippen molar-refractivity contribution in [3.63, 3.8) is 0 Å². The Morgan fingerprint density at radius 2 is 1.88 bits per heavy atom. The average molecular weight is 235 g/mol. The van der Waals surface area contributed by atoms with E-state index in [9.17, 15) is 4.79 Å². The highest BCUT2D eigenvalue weighted by molar-refractivity contribution is 5.73. The van der Waals surface area contributed by atoms with Crippen LogP contribution in [-0.4, -0.2) is 42.0 Å². The van der Waals surface area contributed by atoms with Crippen LogP contribution in [0.4, 0.5) is 17.3 Å². The summed E-state index contributed by atoms with van der Waals surface area (Å²) in [5.74, 6) is 1.30. The van der Waals surface area contributed by atoms with Gasteiger partial charge in [-0.2, -0.15) is 0 Å². The van der Waals surface area contributed by atoms with Gasteiger partial charge < -0.3 is 21.3 Å². The van der Waals surface area contributed by atoms with E-state index in [4.69, 9.17) is 11.5 Å². The molecule has 4 N–H and O–H groups in total. The first-order valence-electron chi connectivity index (χ1n) is 5.60. The number of nitrogens with zero attached hydrogens (tertiary/aromatic N) is 3. The predicted octanol–water partition coefficient (Wildman–Crippen LogP) is -0.0855. The number of pyridine rings is 1. The second kappa shape index (κ2) is 4.48. The fourth-order valence-electron chi connectivity index (χ4n) is 1.90. The molecule has 1 aromatic heterocycles. The largest absolute Gasteiger partial charge is 0.396 e. The topological polar surface area (TPSA) is 88.5 Å². The summed E-state index contributed by atoms with van der Waals surface area (Å²) in [6.45, 7) is 4.59. The van der Waals surface area contributed by atoms with Gasteiger partial charge in [-0.1, -0.05) is 0 Å². The molecule has 0 atom stereocenters. The number of hydrogen-bond acceptors (Lipinski definition) is 5. The van der Waals surface area contributed by atoms with Crippen molar-refractivity contribution >= 4 is 23.2 Å². The molecule has 0 aliphatic carbocycles. The maximum atomic E-state index is 11.2. The number of aromatic nitrogens is 1. The van der Waals surface area contributed by atoms with Crippen LogP contribution in [0.15, 0.2) is 12.1 Å². The van der Waals surface area contributed by atoms with Crippen LogP contribution >= 0.6 is 0 Å². The van der Waals surface area contributed by atoms with E-state index in [2.05, 4.69) is 9.88 Å². The number of carbonyl (C=O) groups is 1. The quantitative estimate of drug-likeness (QED) is 0.710. The van der Waals surface area contributed by atoms with E-state index in [1.165, 1.54) is 0 Å². The fourth-order valence-corrected chi connectivity index (χ4v) is 1.90. The molecule has 0 aromatic carbocycles. The van der Waals surface area contributed by atoms with E-state index in [-0.39, 0.29) is 5.91 Å². The van der Waals surface area contributed by atoms with Gasteiger partial charge in [-0.15, -0.1) is 0 Å². The summed E-state index contributed by atoms with van der Waals surface area (Å²) in [5.41, 5.74) is 11.8. The highest BCUT2D eigenvalue weighted by atomic mass is 16.2. The molecule has 6 nitrogen and oxygen atoms in total. The first kappa shape index (κ1) is 11.5. The first-order valence-corrected chi connectivity index (χ1v) is 5.60.